The highest BCUT2D eigenvalue weighted by atomic mass is 16.6. The van der Waals surface area contributed by atoms with Gasteiger partial charge in [-0.05, 0) is 36.0 Å². The average molecular weight is 260 g/mol. The first-order valence-electron chi connectivity index (χ1n) is 6.50. The van der Waals surface area contributed by atoms with Crippen LogP contribution in [0.2, 0.25) is 0 Å². The zero-order chi connectivity index (χ0) is 14.3. The van der Waals surface area contributed by atoms with Gasteiger partial charge in [0.1, 0.15) is 11.1 Å². The van der Waals surface area contributed by atoms with Crippen molar-refractivity contribution in [1.29, 1.82) is 0 Å². The van der Waals surface area contributed by atoms with E-state index in [9.17, 15) is 0 Å². The molecule has 0 aromatic heterocycles. The van der Waals surface area contributed by atoms with E-state index in [0.717, 1.165) is 47.1 Å². The third kappa shape index (κ3) is 3.17. The van der Waals surface area contributed by atoms with Gasteiger partial charge < -0.3 is 0 Å². The molecule has 100 valence electrons. The molecule has 4 heteroatoms. The van der Waals surface area contributed by atoms with Gasteiger partial charge in [0.2, 0.25) is 10.0 Å². The molecule has 0 bridgehead atoms. The first kappa shape index (κ1) is 14.9. The highest BCUT2D eigenvalue weighted by Crippen LogP contribution is 2.24. The van der Waals surface area contributed by atoms with Crippen molar-refractivity contribution in [1.82, 2.24) is 0 Å². The number of nitrogens with zero attached hydrogens (tertiary/aromatic N) is 2. The highest BCUT2D eigenvalue weighted by Gasteiger charge is 2.20. The molecule has 0 saturated carbocycles. The molecule has 0 amide bonds. The maximum Gasteiger partial charge on any atom is 0.389 e. The summed E-state index contributed by atoms with van der Waals surface area (Å²) in [5.41, 5.74) is 5.07. The van der Waals surface area contributed by atoms with E-state index in [1.54, 1.807) is 0 Å². The molecule has 1 N–H and O–H groups in total. The first-order valence-corrected chi connectivity index (χ1v) is 6.50. The lowest BCUT2D eigenvalue weighted by Crippen LogP contribution is -2.03. The molecule has 0 aliphatic heterocycles. The normalized spacial score (nSPS) is 9.05. The minimum Gasteiger partial charge on any atom is -0.177 e. The maximum absolute atomic E-state index is 8.80. The maximum atomic E-state index is 8.80. The lowest BCUT2D eigenvalue weighted by molar-refractivity contribution is 0.330. The van der Waals surface area contributed by atoms with Crippen LogP contribution in [0.3, 0.4) is 0 Å². The van der Waals surface area contributed by atoms with Crippen LogP contribution in [0.1, 0.15) is 48.6 Å². The summed E-state index contributed by atoms with van der Waals surface area (Å²) in [5.74, 6) is 0. The molecule has 1 rings (SSSR count). The Hall–Kier alpha value is -2.20. The van der Waals surface area contributed by atoms with Crippen molar-refractivity contribution < 1.29 is 10.0 Å². The lowest BCUT2D eigenvalue weighted by atomic mass is 9.89. The summed E-state index contributed by atoms with van der Waals surface area (Å²) in [6.07, 6.45) is 2.54. The summed E-state index contributed by atoms with van der Waals surface area (Å²) < 4.78 is 0. The Morgan fingerprint density at radius 1 is 1.05 bits per heavy atom. The molecule has 0 spiro atoms. The lowest BCUT2D eigenvalue weighted by Gasteiger charge is -2.09. The Morgan fingerprint density at radius 3 is 2.05 bits per heavy atom. The summed E-state index contributed by atoms with van der Waals surface area (Å²) in [5, 5.41) is 15.6. The van der Waals surface area contributed by atoms with Gasteiger partial charge in [-0.25, -0.2) is 0 Å². The van der Waals surface area contributed by atoms with Crippen LogP contribution in [0.25, 0.3) is 10.0 Å². The summed E-state index contributed by atoms with van der Waals surface area (Å²) >= 11 is 0. The molecule has 0 aliphatic carbocycles. The van der Waals surface area contributed by atoms with E-state index in [2.05, 4.69) is 49.0 Å². The molecule has 1 aromatic rings. The predicted molar refractivity (Wildman–Crippen MR) is 76.1 cm³/mol. The molecule has 0 atom stereocenters. The fraction of sp³-hybridized carbons (Fsp3) is 0.467. The molecular weight excluding hydrogens is 240 g/mol. The van der Waals surface area contributed by atoms with Crippen LogP contribution in [-0.2, 0) is 24.1 Å². The minimum atomic E-state index is 0.792. The quantitative estimate of drug-likeness (QED) is 0.842. The van der Waals surface area contributed by atoms with Crippen molar-refractivity contribution in [2.75, 3.05) is 7.11 Å². The van der Waals surface area contributed by atoms with E-state index in [0.29, 0.717) is 0 Å². The van der Waals surface area contributed by atoms with Crippen LogP contribution in [0.4, 0.5) is 0 Å². The molecule has 19 heavy (non-hydrogen) atoms. The Kier molecular flexibility index (Phi) is 5.70. The van der Waals surface area contributed by atoms with Gasteiger partial charge >= 0.3 is 12.1 Å². The Morgan fingerprint density at radius 2 is 1.63 bits per heavy atom. The van der Waals surface area contributed by atoms with Crippen LogP contribution in [-0.4, -0.2) is 12.3 Å². The van der Waals surface area contributed by atoms with Crippen molar-refractivity contribution in [3.63, 3.8) is 0 Å². The number of aryl methyl sites for hydroxylation is 2. The second-order valence-electron chi connectivity index (χ2n) is 4.08. The predicted octanol–water partition coefficient (Wildman–Crippen LogP) is 3.69. The smallest absolute Gasteiger partial charge is 0.177 e. The summed E-state index contributed by atoms with van der Waals surface area (Å²) in [6.45, 7) is 6.22. The molecule has 0 saturated heterocycles. The van der Waals surface area contributed by atoms with Gasteiger partial charge in [0.15, 0.2) is 7.11 Å². The van der Waals surface area contributed by atoms with Crippen molar-refractivity contribution >= 4 is 0 Å². The third-order valence-corrected chi connectivity index (χ3v) is 3.12. The number of rotatable bonds is 3. The van der Waals surface area contributed by atoms with Crippen molar-refractivity contribution in [2.24, 2.45) is 0 Å². The van der Waals surface area contributed by atoms with Crippen LogP contribution >= 0.6 is 0 Å². The van der Waals surface area contributed by atoms with Gasteiger partial charge in [-0.15, -0.1) is 0 Å². The largest absolute Gasteiger partial charge is 0.389 e. The fourth-order valence-electron chi connectivity index (χ4n) is 2.20. The van der Waals surface area contributed by atoms with Crippen LogP contribution < -0.4 is 0 Å². The molecule has 4 nitrogen and oxygen atoms in total. The van der Waals surface area contributed by atoms with Gasteiger partial charge in [-0.1, -0.05) is 26.8 Å². The minimum absolute atomic E-state index is 0.792. The zero-order valence-corrected chi connectivity index (χ0v) is 11.9. The van der Waals surface area contributed by atoms with E-state index < -0.39 is 0 Å². The molecule has 0 radical (unpaired) electrons. The van der Waals surface area contributed by atoms with Crippen molar-refractivity contribution in [3.05, 3.63) is 43.9 Å². The van der Waals surface area contributed by atoms with E-state index in [4.69, 9.17) is 10.0 Å². The first-order chi connectivity index (χ1) is 9.23. The summed E-state index contributed by atoms with van der Waals surface area (Å²) in [7, 11) is 1.49. The van der Waals surface area contributed by atoms with Gasteiger partial charge in [0, 0.05) is 0 Å². The Bertz CT molecular complexity index is 572. The number of hydrogen-bond donors (Lipinski definition) is 1. The van der Waals surface area contributed by atoms with Crippen molar-refractivity contribution in [3.8, 4) is 12.1 Å². The molecule has 0 heterocycles. The fourth-order valence-corrected chi connectivity index (χ4v) is 2.20. The summed E-state index contributed by atoms with van der Waals surface area (Å²) in [4.78, 5) is 4.72. The molecule has 0 fully saturated rings. The second kappa shape index (κ2) is 7.28. The van der Waals surface area contributed by atoms with Crippen LogP contribution in [0, 0.1) is 12.1 Å². The number of hydrogen-bond acceptors (Lipinski definition) is 2. The second-order valence-corrected chi connectivity index (χ2v) is 4.08. The third-order valence-electron chi connectivity index (χ3n) is 3.12. The SMILES string of the molecule is CCc1cc(CC)c(C#[N+]OC)c(CC)c1C#[N+]O. The van der Waals surface area contributed by atoms with E-state index in [1.807, 2.05) is 0 Å². The van der Waals surface area contributed by atoms with Crippen molar-refractivity contribution in [2.45, 2.75) is 40.0 Å². The average Bonchev–Trinajstić information content (AvgIpc) is 2.45. The Balaban J connectivity index is 3.66. The molecule has 0 aliphatic rings. The topological polar surface area (TPSA) is 38.2 Å². The van der Waals surface area contributed by atoms with Crippen LogP contribution in [0.5, 0.6) is 0 Å². The van der Waals surface area contributed by atoms with Crippen LogP contribution in [0.15, 0.2) is 6.07 Å². The van der Waals surface area contributed by atoms with Gasteiger partial charge in [-0.2, -0.15) is 10.0 Å². The summed E-state index contributed by atoms with van der Waals surface area (Å²) in [6, 6.07) is 7.69. The number of benzene rings is 1. The molecular formula is C15H20N2O2+2. The highest BCUT2D eigenvalue weighted by molar-refractivity contribution is 5.58. The van der Waals surface area contributed by atoms with E-state index >= 15 is 0 Å². The van der Waals surface area contributed by atoms with E-state index in [-0.39, 0.29) is 0 Å². The zero-order valence-electron chi connectivity index (χ0n) is 11.9. The van der Waals surface area contributed by atoms with Gasteiger partial charge in [-0.3, -0.25) is 0 Å². The van der Waals surface area contributed by atoms with Gasteiger partial charge in [0.25, 0.3) is 0 Å². The van der Waals surface area contributed by atoms with Gasteiger partial charge in [0.05, 0.1) is 0 Å². The standard InChI is InChI=1S/C15H19N2O2/c1-5-11-8-12(6-2)15(10-17-19-4)13(7-3)14(11)9-16-18/h8H,5-7H2,1-4H3/q+1/p+1. The van der Waals surface area contributed by atoms with E-state index in [1.165, 1.54) is 7.11 Å². The Labute approximate surface area is 114 Å². The molecule has 0 unspecified atom stereocenters. The monoisotopic (exact) mass is 260 g/mol. The molecule has 1 aromatic carbocycles.